The van der Waals surface area contributed by atoms with E-state index in [1.807, 2.05) is 0 Å². The summed E-state index contributed by atoms with van der Waals surface area (Å²) in [5, 5.41) is 0.382. The minimum absolute atomic E-state index is 0.255. The highest BCUT2D eigenvalue weighted by molar-refractivity contribution is 7.13. The predicted octanol–water partition coefficient (Wildman–Crippen LogP) is 2.74. The van der Waals surface area contributed by atoms with Crippen molar-refractivity contribution in [3.8, 4) is 5.69 Å². The summed E-state index contributed by atoms with van der Waals surface area (Å²) in [6.07, 6.45) is -4.99. The van der Waals surface area contributed by atoms with E-state index >= 15 is 0 Å². The molecule has 2 aromatic heterocycles. The average molecular weight is 431 g/mol. The van der Waals surface area contributed by atoms with Gasteiger partial charge in [0, 0.05) is 18.5 Å². The van der Waals surface area contributed by atoms with Crippen LogP contribution in [0.4, 0.5) is 17.6 Å². The first-order valence-corrected chi connectivity index (χ1v) is 9.18. The molecule has 12 heteroatoms. The topological polar surface area (TPSA) is 75.3 Å². The summed E-state index contributed by atoms with van der Waals surface area (Å²) < 4.78 is 70.0. The molecule has 29 heavy (non-hydrogen) atoms. The lowest BCUT2D eigenvalue weighted by Gasteiger charge is -2.22. The summed E-state index contributed by atoms with van der Waals surface area (Å²) in [5.74, 6) is -0.947. The highest BCUT2D eigenvalue weighted by Crippen LogP contribution is 2.34. The molecule has 154 valence electrons. The van der Waals surface area contributed by atoms with Crippen LogP contribution in [-0.4, -0.2) is 26.7 Å². The number of hydrogen-bond donors (Lipinski definition) is 0. The number of halogens is 4. The van der Waals surface area contributed by atoms with Gasteiger partial charge in [0.2, 0.25) is 6.29 Å². The number of aromatic nitrogens is 3. The summed E-state index contributed by atoms with van der Waals surface area (Å²) in [5.41, 5.74) is -4.17. The molecule has 0 N–H and O–H groups in total. The number of fused-ring (bicyclic) bond motifs is 1. The van der Waals surface area contributed by atoms with Gasteiger partial charge < -0.3 is 9.47 Å². The number of alkyl halides is 3. The van der Waals surface area contributed by atoms with E-state index < -0.39 is 40.9 Å². The predicted molar refractivity (Wildman–Crippen MR) is 94.7 cm³/mol. The first-order chi connectivity index (χ1) is 13.7. The number of rotatable bonds is 2. The zero-order chi connectivity index (χ0) is 20.9. The minimum Gasteiger partial charge on any atom is -0.347 e. The highest BCUT2D eigenvalue weighted by Gasteiger charge is 2.35. The van der Waals surface area contributed by atoms with Gasteiger partial charge >= 0.3 is 11.9 Å². The van der Waals surface area contributed by atoms with Crippen molar-refractivity contribution in [3.05, 3.63) is 56.2 Å². The molecule has 0 unspecified atom stereocenters. The third-order valence-electron chi connectivity index (χ3n) is 4.47. The van der Waals surface area contributed by atoms with Crippen LogP contribution in [0.1, 0.15) is 24.1 Å². The van der Waals surface area contributed by atoms with Gasteiger partial charge in [-0.15, -0.1) is 0 Å². The SMILES string of the molecule is Cn1c(C(F)(F)F)cc(=O)n(-c2cc3c(C4OCCCO4)nsc3cc2F)c1=O. The maximum absolute atomic E-state index is 14.7. The maximum Gasteiger partial charge on any atom is 0.431 e. The molecule has 0 saturated carbocycles. The summed E-state index contributed by atoms with van der Waals surface area (Å²) >= 11 is 0.974. The van der Waals surface area contributed by atoms with Gasteiger partial charge in [0.25, 0.3) is 5.56 Å². The fourth-order valence-electron chi connectivity index (χ4n) is 3.07. The molecule has 1 aliphatic rings. The monoisotopic (exact) mass is 431 g/mol. The number of benzene rings is 1. The molecule has 4 rings (SSSR count). The standard InChI is InChI=1S/C17H13F4N3O4S/c1-23-12(17(19,20)21)7-13(25)24(16(23)26)10-5-8-11(6-9(10)18)29-22-14(8)15-27-3-2-4-28-15/h5-7,15H,2-4H2,1H3. The zero-order valence-electron chi connectivity index (χ0n) is 14.8. The minimum atomic E-state index is -4.91. The summed E-state index contributed by atoms with van der Waals surface area (Å²) in [6.45, 7) is 0.882. The fraction of sp³-hybridized carbons (Fsp3) is 0.353. The molecule has 0 atom stereocenters. The van der Waals surface area contributed by atoms with E-state index in [9.17, 15) is 27.2 Å². The molecule has 1 fully saturated rings. The van der Waals surface area contributed by atoms with E-state index in [2.05, 4.69) is 4.37 Å². The Labute approximate surface area is 163 Å². The fourth-order valence-corrected chi connectivity index (χ4v) is 3.87. The van der Waals surface area contributed by atoms with Crippen LogP contribution in [0, 0.1) is 5.82 Å². The second-order valence-electron chi connectivity index (χ2n) is 6.34. The Hall–Kier alpha value is -2.57. The van der Waals surface area contributed by atoms with Crippen molar-refractivity contribution < 1.29 is 27.0 Å². The molecule has 3 aromatic rings. The van der Waals surface area contributed by atoms with Crippen LogP contribution in [0.2, 0.25) is 0 Å². The molecule has 1 aromatic carbocycles. The Morgan fingerprint density at radius 2 is 1.86 bits per heavy atom. The van der Waals surface area contributed by atoms with E-state index in [0.717, 1.165) is 24.6 Å². The molecule has 0 spiro atoms. The molecule has 7 nitrogen and oxygen atoms in total. The molecular formula is C17H13F4N3O4S. The van der Waals surface area contributed by atoms with Gasteiger partial charge in [0.1, 0.15) is 17.2 Å². The Balaban J connectivity index is 1.93. The highest BCUT2D eigenvalue weighted by atomic mass is 32.1. The van der Waals surface area contributed by atoms with Crippen molar-refractivity contribution in [1.82, 2.24) is 13.5 Å². The lowest BCUT2D eigenvalue weighted by atomic mass is 10.1. The molecule has 1 saturated heterocycles. The van der Waals surface area contributed by atoms with Crippen LogP contribution in [0.25, 0.3) is 15.8 Å². The van der Waals surface area contributed by atoms with Gasteiger partial charge in [-0.2, -0.15) is 17.5 Å². The molecule has 0 amide bonds. The van der Waals surface area contributed by atoms with Gasteiger partial charge in [0.05, 0.1) is 23.6 Å². The smallest absolute Gasteiger partial charge is 0.347 e. The second-order valence-corrected chi connectivity index (χ2v) is 7.14. The van der Waals surface area contributed by atoms with Gasteiger partial charge in [-0.25, -0.2) is 13.8 Å². The number of ether oxygens (including phenoxy) is 2. The van der Waals surface area contributed by atoms with Crippen molar-refractivity contribution in [2.45, 2.75) is 18.9 Å². The normalized spacial score (nSPS) is 15.9. The van der Waals surface area contributed by atoms with Gasteiger partial charge in [-0.3, -0.25) is 9.36 Å². The molecule has 0 radical (unpaired) electrons. The largest absolute Gasteiger partial charge is 0.431 e. The van der Waals surface area contributed by atoms with Crippen LogP contribution in [0.15, 0.2) is 27.8 Å². The van der Waals surface area contributed by atoms with E-state index in [4.69, 9.17) is 9.47 Å². The number of hydrogen-bond acceptors (Lipinski definition) is 6. The van der Waals surface area contributed by atoms with Gasteiger partial charge in [-0.1, -0.05) is 0 Å². The second kappa shape index (κ2) is 7.04. The molecule has 0 bridgehead atoms. The lowest BCUT2D eigenvalue weighted by molar-refractivity contribution is -0.183. The molecule has 3 heterocycles. The Kier molecular flexibility index (Phi) is 4.79. The number of nitrogens with zero attached hydrogens (tertiary/aromatic N) is 3. The van der Waals surface area contributed by atoms with Crippen molar-refractivity contribution in [3.63, 3.8) is 0 Å². The van der Waals surface area contributed by atoms with Crippen LogP contribution in [0.3, 0.4) is 0 Å². The molecule has 1 aliphatic heterocycles. The summed E-state index contributed by atoms with van der Waals surface area (Å²) in [4.78, 5) is 24.8. The van der Waals surface area contributed by atoms with Crippen molar-refractivity contribution in [1.29, 1.82) is 0 Å². The van der Waals surface area contributed by atoms with Crippen molar-refractivity contribution in [2.24, 2.45) is 7.05 Å². The third kappa shape index (κ3) is 3.36. The quantitative estimate of drug-likeness (QED) is 0.584. The van der Waals surface area contributed by atoms with Crippen molar-refractivity contribution >= 4 is 21.6 Å². The van der Waals surface area contributed by atoms with Crippen LogP contribution >= 0.6 is 11.5 Å². The van der Waals surface area contributed by atoms with Crippen LogP contribution in [0.5, 0.6) is 0 Å². The molecular weight excluding hydrogens is 418 g/mol. The third-order valence-corrected chi connectivity index (χ3v) is 5.29. The van der Waals surface area contributed by atoms with E-state index in [1.165, 1.54) is 6.07 Å². The lowest BCUT2D eigenvalue weighted by Crippen LogP contribution is -2.41. The van der Waals surface area contributed by atoms with E-state index in [1.54, 1.807) is 0 Å². The van der Waals surface area contributed by atoms with Crippen LogP contribution < -0.4 is 11.2 Å². The summed E-state index contributed by atoms with van der Waals surface area (Å²) in [6, 6.07) is 2.52. The summed E-state index contributed by atoms with van der Waals surface area (Å²) in [7, 11) is 0.860. The Morgan fingerprint density at radius 3 is 2.52 bits per heavy atom. The molecule has 0 aliphatic carbocycles. The zero-order valence-corrected chi connectivity index (χ0v) is 15.6. The first-order valence-electron chi connectivity index (χ1n) is 8.41. The van der Waals surface area contributed by atoms with E-state index in [-0.39, 0.29) is 10.6 Å². The van der Waals surface area contributed by atoms with Crippen molar-refractivity contribution in [2.75, 3.05) is 13.2 Å². The van der Waals surface area contributed by atoms with Gasteiger partial charge in [-0.05, 0) is 30.1 Å². The first kappa shape index (κ1) is 19.7. The average Bonchev–Trinajstić information content (AvgIpc) is 3.07. The van der Waals surface area contributed by atoms with Gasteiger partial charge in [0.15, 0.2) is 0 Å². The maximum atomic E-state index is 14.7. The Bertz CT molecular complexity index is 1210. The van der Waals surface area contributed by atoms with E-state index in [0.29, 0.717) is 40.0 Å². The van der Waals surface area contributed by atoms with Crippen LogP contribution in [-0.2, 0) is 22.7 Å². The Morgan fingerprint density at radius 1 is 1.17 bits per heavy atom.